The first kappa shape index (κ1) is 13.7. The summed E-state index contributed by atoms with van der Waals surface area (Å²) >= 11 is 6.39. The van der Waals surface area contributed by atoms with Crippen LogP contribution in [0.3, 0.4) is 0 Å². The van der Waals surface area contributed by atoms with Gasteiger partial charge in [0.25, 0.3) is 0 Å². The lowest BCUT2D eigenvalue weighted by atomic mass is 9.88. The van der Waals surface area contributed by atoms with Crippen LogP contribution in [0.2, 0.25) is 5.02 Å². The van der Waals surface area contributed by atoms with E-state index in [4.69, 9.17) is 17.3 Å². The van der Waals surface area contributed by atoms with Crippen LogP contribution in [-0.2, 0) is 0 Å². The molecule has 2 nitrogen and oxygen atoms in total. The number of anilines is 1. The zero-order valence-corrected chi connectivity index (χ0v) is 12.2. The third-order valence-corrected chi connectivity index (χ3v) is 4.48. The highest BCUT2D eigenvalue weighted by Gasteiger charge is 2.24. The van der Waals surface area contributed by atoms with Crippen molar-refractivity contribution in [3.63, 3.8) is 0 Å². The van der Waals surface area contributed by atoms with Crippen molar-refractivity contribution in [3.8, 4) is 0 Å². The van der Waals surface area contributed by atoms with E-state index >= 15 is 0 Å². The summed E-state index contributed by atoms with van der Waals surface area (Å²) in [6.45, 7) is 8.83. The average molecular weight is 267 g/mol. The Morgan fingerprint density at radius 3 is 2.61 bits per heavy atom. The monoisotopic (exact) mass is 266 g/mol. The summed E-state index contributed by atoms with van der Waals surface area (Å²) in [5.41, 5.74) is 8.13. The second kappa shape index (κ2) is 5.50. The van der Waals surface area contributed by atoms with E-state index in [9.17, 15) is 0 Å². The fourth-order valence-corrected chi connectivity index (χ4v) is 2.85. The van der Waals surface area contributed by atoms with Gasteiger partial charge in [0.05, 0.1) is 10.7 Å². The molecule has 0 aliphatic carbocycles. The molecule has 0 aromatic heterocycles. The molecule has 100 valence electrons. The Morgan fingerprint density at radius 1 is 1.33 bits per heavy atom. The number of nitrogens with two attached hydrogens (primary N) is 1. The fourth-order valence-electron chi connectivity index (χ4n) is 2.54. The molecule has 1 aromatic carbocycles. The Morgan fingerprint density at radius 2 is 2.06 bits per heavy atom. The lowest BCUT2D eigenvalue weighted by Gasteiger charge is -2.37. The third-order valence-electron chi connectivity index (χ3n) is 4.17. The molecule has 0 bridgehead atoms. The van der Waals surface area contributed by atoms with E-state index in [1.165, 1.54) is 6.42 Å². The molecule has 1 aliphatic rings. The molecule has 2 N–H and O–H groups in total. The van der Waals surface area contributed by atoms with Crippen LogP contribution in [-0.4, -0.2) is 13.1 Å². The average Bonchev–Trinajstić information content (AvgIpc) is 2.32. The maximum atomic E-state index is 6.39. The van der Waals surface area contributed by atoms with Gasteiger partial charge in [-0.2, -0.15) is 0 Å². The van der Waals surface area contributed by atoms with Crippen molar-refractivity contribution < 1.29 is 0 Å². The molecule has 1 aliphatic heterocycles. The molecule has 3 heteroatoms. The van der Waals surface area contributed by atoms with Gasteiger partial charge in [-0.15, -0.1) is 0 Å². The number of halogens is 1. The highest BCUT2D eigenvalue weighted by molar-refractivity contribution is 6.33. The number of hydrogen-bond donors (Lipinski definition) is 1. The van der Waals surface area contributed by atoms with Gasteiger partial charge < -0.3 is 10.6 Å². The van der Waals surface area contributed by atoms with Crippen LogP contribution in [0.5, 0.6) is 0 Å². The molecular weight excluding hydrogens is 244 g/mol. The van der Waals surface area contributed by atoms with Gasteiger partial charge in [-0.3, -0.25) is 0 Å². The molecule has 2 unspecified atom stereocenters. The highest BCUT2D eigenvalue weighted by Crippen LogP contribution is 2.33. The van der Waals surface area contributed by atoms with Crippen LogP contribution in [0.1, 0.15) is 38.8 Å². The standard InChI is InChI=1S/C15H23ClN2/c1-10-6-7-18(9-11(10)2)15-5-4-13(12(3)17)8-14(15)16/h4-5,8,10-12H,6-7,9,17H2,1-3H3/t10?,11?,12-/m0/s1. The van der Waals surface area contributed by atoms with E-state index < -0.39 is 0 Å². The Bertz CT molecular complexity index is 417. The lowest BCUT2D eigenvalue weighted by Crippen LogP contribution is -2.38. The van der Waals surface area contributed by atoms with Gasteiger partial charge in [0.15, 0.2) is 0 Å². The smallest absolute Gasteiger partial charge is 0.0642 e. The Labute approximate surface area is 115 Å². The van der Waals surface area contributed by atoms with Gasteiger partial charge >= 0.3 is 0 Å². The minimum atomic E-state index is 0.0388. The summed E-state index contributed by atoms with van der Waals surface area (Å²) in [6.07, 6.45) is 1.24. The van der Waals surface area contributed by atoms with Gasteiger partial charge in [-0.1, -0.05) is 31.5 Å². The zero-order valence-electron chi connectivity index (χ0n) is 11.5. The fraction of sp³-hybridized carbons (Fsp3) is 0.600. The van der Waals surface area contributed by atoms with Crippen LogP contribution < -0.4 is 10.6 Å². The zero-order chi connectivity index (χ0) is 13.3. The van der Waals surface area contributed by atoms with Crippen molar-refractivity contribution in [3.05, 3.63) is 28.8 Å². The summed E-state index contributed by atoms with van der Waals surface area (Å²) in [6, 6.07) is 6.25. The maximum absolute atomic E-state index is 6.39. The molecule has 0 saturated carbocycles. The Kier molecular flexibility index (Phi) is 4.18. The lowest BCUT2D eigenvalue weighted by molar-refractivity contribution is 0.324. The summed E-state index contributed by atoms with van der Waals surface area (Å²) in [5.74, 6) is 1.53. The van der Waals surface area contributed by atoms with E-state index in [2.05, 4.69) is 30.9 Å². The van der Waals surface area contributed by atoms with E-state index in [-0.39, 0.29) is 6.04 Å². The molecule has 1 heterocycles. The maximum Gasteiger partial charge on any atom is 0.0642 e. The van der Waals surface area contributed by atoms with E-state index in [0.717, 1.165) is 41.2 Å². The first-order chi connectivity index (χ1) is 8.49. The summed E-state index contributed by atoms with van der Waals surface area (Å²) < 4.78 is 0. The van der Waals surface area contributed by atoms with Crippen molar-refractivity contribution in [2.45, 2.75) is 33.2 Å². The molecule has 3 atom stereocenters. The SMILES string of the molecule is CC1CCN(c2ccc([C@H](C)N)cc2Cl)CC1C. The van der Waals surface area contributed by atoms with Gasteiger partial charge in [0, 0.05) is 19.1 Å². The molecule has 18 heavy (non-hydrogen) atoms. The quantitative estimate of drug-likeness (QED) is 0.881. The Balaban J connectivity index is 2.19. The van der Waals surface area contributed by atoms with Gasteiger partial charge in [-0.05, 0) is 42.9 Å². The van der Waals surface area contributed by atoms with Crippen molar-refractivity contribution in [2.24, 2.45) is 17.6 Å². The first-order valence-electron chi connectivity index (χ1n) is 6.79. The van der Waals surface area contributed by atoms with Crippen LogP contribution in [0.4, 0.5) is 5.69 Å². The second-order valence-corrected chi connectivity index (χ2v) is 6.10. The van der Waals surface area contributed by atoms with Crippen molar-refractivity contribution in [1.82, 2.24) is 0 Å². The molecular formula is C15H23ClN2. The second-order valence-electron chi connectivity index (χ2n) is 5.69. The minimum Gasteiger partial charge on any atom is -0.370 e. The first-order valence-corrected chi connectivity index (χ1v) is 7.16. The summed E-state index contributed by atoms with van der Waals surface area (Å²) in [4.78, 5) is 2.40. The van der Waals surface area contributed by atoms with Crippen LogP contribution in [0.25, 0.3) is 0 Å². The van der Waals surface area contributed by atoms with Crippen LogP contribution in [0, 0.1) is 11.8 Å². The minimum absolute atomic E-state index is 0.0388. The topological polar surface area (TPSA) is 29.3 Å². The van der Waals surface area contributed by atoms with E-state index in [1.54, 1.807) is 0 Å². The molecule has 2 rings (SSSR count). The molecule has 0 amide bonds. The number of benzene rings is 1. The van der Waals surface area contributed by atoms with Crippen LogP contribution >= 0.6 is 11.6 Å². The molecule has 1 saturated heterocycles. The largest absolute Gasteiger partial charge is 0.370 e. The number of hydrogen-bond acceptors (Lipinski definition) is 2. The van der Waals surface area contributed by atoms with Crippen LogP contribution in [0.15, 0.2) is 18.2 Å². The summed E-state index contributed by atoms with van der Waals surface area (Å²) in [5, 5.41) is 0.826. The van der Waals surface area contributed by atoms with E-state index in [1.807, 2.05) is 13.0 Å². The molecule has 1 fully saturated rings. The number of rotatable bonds is 2. The number of nitrogens with zero attached hydrogens (tertiary/aromatic N) is 1. The van der Waals surface area contributed by atoms with Crippen molar-refractivity contribution in [1.29, 1.82) is 0 Å². The normalized spacial score (nSPS) is 26.2. The predicted octanol–water partition coefficient (Wildman–Crippen LogP) is 3.84. The third kappa shape index (κ3) is 2.81. The molecule has 0 radical (unpaired) electrons. The summed E-state index contributed by atoms with van der Waals surface area (Å²) in [7, 11) is 0. The van der Waals surface area contributed by atoms with Gasteiger partial charge in [-0.25, -0.2) is 0 Å². The molecule has 0 spiro atoms. The number of piperidine rings is 1. The van der Waals surface area contributed by atoms with Gasteiger partial charge in [0.1, 0.15) is 0 Å². The Hall–Kier alpha value is -0.730. The van der Waals surface area contributed by atoms with Gasteiger partial charge in [0.2, 0.25) is 0 Å². The van der Waals surface area contributed by atoms with Crippen molar-refractivity contribution >= 4 is 17.3 Å². The molecule has 1 aromatic rings. The van der Waals surface area contributed by atoms with E-state index in [0.29, 0.717) is 0 Å². The predicted molar refractivity (Wildman–Crippen MR) is 79.2 cm³/mol. The van der Waals surface area contributed by atoms with Crippen molar-refractivity contribution in [2.75, 3.05) is 18.0 Å². The highest BCUT2D eigenvalue weighted by atomic mass is 35.5.